The lowest BCUT2D eigenvalue weighted by Gasteiger charge is -2.31. The number of para-hydroxylation sites is 1. The van der Waals surface area contributed by atoms with Gasteiger partial charge in [-0.05, 0) is 57.3 Å². The second-order valence-electron chi connectivity index (χ2n) is 7.03. The number of rotatable bonds is 6. The van der Waals surface area contributed by atoms with Crippen molar-refractivity contribution < 1.29 is 4.79 Å². The lowest BCUT2D eigenvalue weighted by molar-refractivity contribution is -0.116. The van der Waals surface area contributed by atoms with Gasteiger partial charge >= 0.3 is 0 Å². The number of aromatic amines is 1. The van der Waals surface area contributed by atoms with E-state index in [-0.39, 0.29) is 5.91 Å². The van der Waals surface area contributed by atoms with Crippen LogP contribution in [0.15, 0.2) is 30.6 Å². The Hall–Kier alpha value is -2.14. The average molecular weight is 340 g/mol. The van der Waals surface area contributed by atoms with Crippen LogP contribution in [-0.4, -0.2) is 40.4 Å². The first kappa shape index (κ1) is 17.7. The van der Waals surface area contributed by atoms with Gasteiger partial charge in [0.2, 0.25) is 5.91 Å². The number of anilines is 1. The van der Waals surface area contributed by atoms with Crippen molar-refractivity contribution in [1.82, 2.24) is 14.9 Å². The van der Waals surface area contributed by atoms with Crippen LogP contribution >= 0.6 is 0 Å². The highest BCUT2D eigenvalue weighted by Crippen LogP contribution is 2.24. The van der Waals surface area contributed by atoms with E-state index in [0.717, 1.165) is 48.7 Å². The van der Waals surface area contributed by atoms with Crippen molar-refractivity contribution in [2.24, 2.45) is 0 Å². The highest BCUT2D eigenvalue weighted by molar-refractivity contribution is 5.92. The summed E-state index contributed by atoms with van der Waals surface area (Å²) in [5, 5.41) is 3.07. The summed E-state index contributed by atoms with van der Waals surface area (Å²) >= 11 is 0. The van der Waals surface area contributed by atoms with Crippen LogP contribution < -0.4 is 5.32 Å². The third-order valence-electron chi connectivity index (χ3n) is 5.04. The molecule has 1 amide bonds. The average Bonchev–Trinajstić information content (AvgIpc) is 3.13. The zero-order valence-corrected chi connectivity index (χ0v) is 15.2. The van der Waals surface area contributed by atoms with Crippen molar-refractivity contribution in [3.05, 3.63) is 47.5 Å². The summed E-state index contributed by atoms with van der Waals surface area (Å²) in [6.45, 7) is 7.19. The molecule has 1 aliphatic heterocycles. The number of hydrogen-bond acceptors (Lipinski definition) is 3. The number of hydrogen-bond donors (Lipinski definition) is 2. The molecule has 1 fully saturated rings. The molecule has 2 N–H and O–H groups in total. The number of aromatic nitrogens is 2. The molecular formula is C20H28N4O. The predicted octanol–water partition coefficient (Wildman–Crippen LogP) is 3.62. The van der Waals surface area contributed by atoms with E-state index in [1.807, 2.05) is 44.4 Å². The lowest BCUT2D eigenvalue weighted by atomic mass is 9.97. The summed E-state index contributed by atoms with van der Waals surface area (Å²) in [6.07, 6.45) is 7.56. The Kier molecular flexibility index (Phi) is 5.87. The molecule has 0 unspecified atom stereocenters. The van der Waals surface area contributed by atoms with Crippen LogP contribution in [0.25, 0.3) is 0 Å². The minimum absolute atomic E-state index is 0.108. The van der Waals surface area contributed by atoms with Crippen molar-refractivity contribution in [2.75, 3.05) is 25.0 Å². The Labute approximate surface area is 149 Å². The number of aryl methyl sites for hydroxylation is 2. The Morgan fingerprint density at radius 2 is 2.16 bits per heavy atom. The Morgan fingerprint density at radius 3 is 2.88 bits per heavy atom. The summed E-state index contributed by atoms with van der Waals surface area (Å²) in [5.74, 6) is 1.70. The van der Waals surface area contributed by atoms with Crippen molar-refractivity contribution >= 4 is 11.6 Å². The molecule has 0 saturated carbocycles. The van der Waals surface area contributed by atoms with Crippen molar-refractivity contribution in [3.8, 4) is 0 Å². The zero-order valence-electron chi connectivity index (χ0n) is 15.2. The monoisotopic (exact) mass is 340 g/mol. The van der Waals surface area contributed by atoms with Gasteiger partial charge in [-0.3, -0.25) is 4.79 Å². The number of piperidine rings is 1. The fraction of sp³-hybridized carbons (Fsp3) is 0.500. The molecular weight excluding hydrogens is 312 g/mol. The summed E-state index contributed by atoms with van der Waals surface area (Å²) in [7, 11) is 0. The van der Waals surface area contributed by atoms with Crippen LogP contribution in [-0.2, 0) is 4.79 Å². The first-order valence-corrected chi connectivity index (χ1v) is 9.21. The molecule has 1 aromatic carbocycles. The molecule has 0 radical (unpaired) electrons. The molecule has 2 aromatic rings. The van der Waals surface area contributed by atoms with Crippen LogP contribution in [0.4, 0.5) is 5.69 Å². The maximum Gasteiger partial charge on any atom is 0.224 e. The molecule has 1 saturated heterocycles. The molecule has 0 bridgehead atoms. The molecule has 134 valence electrons. The maximum absolute atomic E-state index is 12.3. The smallest absolute Gasteiger partial charge is 0.224 e. The first-order valence-electron chi connectivity index (χ1n) is 9.21. The molecule has 25 heavy (non-hydrogen) atoms. The van der Waals surface area contributed by atoms with Gasteiger partial charge in [0.15, 0.2) is 0 Å². The number of carbonyl (C=O) groups is 1. The predicted molar refractivity (Wildman–Crippen MR) is 101 cm³/mol. The van der Waals surface area contributed by atoms with Gasteiger partial charge in [0, 0.05) is 37.0 Å². The molecule has 5 nitrogen and oxygen atoms in total. The van der Waals surface area contributed by atoms with E-state index in [0.29, 0.717) is 12.3 Å². The normalized spacial score (nSPS) is 18.2. The molecule has 0 spiro atoms. The molecule has 1 atom stereocenters. The van der Waals surface area contributed by atoms with Gasteiger partial charge in [-0.25, -0.2) is 4.98 Å². The van der Waals surface area contributed by atoms with Gasteiger partial charge in [-0.2, -0.15) is 0 Å². The highest BCUT2D eigenvalue weighted by Gasteiger charge is 2.22. The maximum atomic E-state index is 12.3. The van der Waals surface area contributed by atoms with E-state index >= 15 is 0 Å². The van der Waals surface area contributed by atoms with E-state index in [1.54, 1.807) is 0 Å². The first-order chi connectivity index (χ1) is 12.1. The third-order valence-corrected chi connectivity index (χ3v) is 5.04. The van der Waals surface area contributed by atoms with Crippen LogP contribution in [0.1, 0.15) is 48.6 Å². The SMILES string of the molecule is Cc1cccc(C)c1NC(=O)CCCN1CCC[C@H](c2ncc[nH]2)C1. The van der Waals surface area contributed by atoms with Gasteiger partial charge in [0.25, 0.3) is 0 Å². The molecule has 1 aliphatic rings. The fourth-order valence-corrected chi connectivity index (χ4v) is 3.66. The van der Waals surface area contributed by atoms with E-state index < -0.39 is 0 Å². The summed E-state index contributed by atoms with van der Waals surface area (Å²) in [6, 6.07) is 6.09. The largest absolute Gasteiger partial charge is 0.348 e. The summed E-state index contributed by atoms with van der Waals surface area (Å²) in [4.78, 5) is 22.4. The number of amides is 1. The van der Waals surface area contributed by atoms with Crippen molar-refractivity contribution in [3.63, 3.8) is 0 Å². The minimum Gasteiger partial charge on any atom is -0.348 e. The van der Waals surface area contributed by atoms with E-state index in [4.69, 9.17) is 0 Å². The number of carbonyl (C=O) groups excluding carboxylic acids is 1. The topological polar surface area (TPSA) is 61.0 Å². The second kappa shape index (κ2) is 8.30. The number of nitrogens with one attached hydrogen (secondary N) is 2. The number of benzene rings is 1. The van der Waals surface area contributed by atoms with E-state index in [9.17, 15) is 4.79 Å². The Bertz CT molecular complexity index is 675. The number of nitrogens with zero attached hydrogens (tertiary/aromatic N) is 2. The van der Waals surface area contributed by atoms with Crippen LogP contribution in [0.5, 0.6) is 0 Å². The van der Waals surface area contributed by atoms with Gasteiger partial charge in [-0.15, -0.1) is 0 Å². The van der Waals surface area contributed by atoms with Gasteiger partial charge in [-0.1, -0.05) is 18.2 Å². The quantitative estimate of drug-likeness (QED) is 0.844. The van der Waals surface area contributed by atoms with E-state index in [1.165, 1.54) is 12.8 Å². The summed E-state index contributed by atoms with van der Waals surface area (Å²) < 4.78 is 0. The molecule has 2 heterocycles. The fourth-order valence-electron chi connectivity index (χ4n) is 3.66. The Morgan fingerprint density at radius 1 is 1.36 bits per heavy atom. The zero-order chi connectivity index (χ0) is 17.6. The molecule has 5 heteroatoms. The standard InChI is InChI=1S/C20H28N4O/c1-15-6-3-7-16(2)19(15)23-18(25)9-5-13-24-12-4-8-17(14-24)20-21-10-11-22-20/h3,6-7,10-11,17H,4-5,8-9,12-14H2,1-2H3,(H,21,22)(H,23,25)/t17-/m0/s1. The molecule has 1 aromatic heterocycles. The van der Waals surface area contributed by atoms with Gasteiger partial charge < -0.3 is 15.2 Å². The van der Waals surface area contributed by atoms with E-state index in [2.05, 4.69) is 20.2 Å². The van der Waals surface area contributed by atoms with Crippen LogP contribution in [0.2, 0.25) is 0 Å². The second-order valence-corrected chi connectivity index (χ2v) is 7.03. The van der Waals surface area contributed by atoms with Crippen LogP contribution in [0, 0.1) is 13.8 Å². The van der Waals surface area contributed by atoms with Crippen molar-refractivity contribution in [2.45, 2.75) is 45.4 Å². The number of likely N-dealkylation sites (tertiary alicyclic amines) is 1. The van der Waals surface area contributed by atoms with Crippen molar-refractivity contribution in [1.29, 1.82) is 0 Å². The minimum atomic E-state index is 0.108. The number of H-pyrrole nitrogens is 1. The summed E-state index contributed by atoms with van der Waals surface area (Å²) in [5.41, 5.74) is 3.19. The van der Waals surface area contributed by atoms with Gasteiger partial charge in [0.05, 0.1) is 0 Å². The molecule has 3 rings (SSSR count). The lowest BCUT2D eigenvalue weighted by Crippen LogP contribution is -2.35. The highest BCUT2D eigenvalue weighted by atomic mass is 16.1. The van der Waals surface area contributed by atoms with Gasteiger partial charge in [0.1, 0.15) is 5.82 Å². The third kappa shape index (κ3) is 4.69. The number of imidazole rings is 1. The molecule has 0 aliphatic carbocycles. The van der Waals surface area contributed by atoms with Crippen LogP contribution in [0.3, 0.4) is 0 Å². The Balaban J connectivity index is 1.44.